The Morgan fingerprint density at radius 2 is 2.06 bits per heavy atom. The Morgan fingerprint density at radius 3 is 2.84 bits per heavy atom. The molecule has 0 radical (unpaired) electrons. The molecule has 0 saturated heterocycles. The third-order valence-corrected chi connectivity index (χ3v) is 6.34. The van der Waals surface area contributed by atoms with Crippen LogP contribution in [0.1, 0.15) is 24.9 Å². The molecule has 8 heteroatoms. The second kappa shape index (κ2) is 10.1. The van der Waals surface area contributed by atoms with Crippen LogP contribution in [0.5, 0.6) is 5.75 Å². The van der Waals surface area contributed by atoms with Crippen LogP contribution in [-0.4, -0.2) is 27.6 Å². The van der Waals surface area contributed by atoms with Gasteiger partial charge in [-0.15, -0.1) is 0 Å². The van der Waals surface area contributed by atoms with Crippen LogP contribution in [0.2, 0.25) is 5.02 Å². The van der Waals surface area contributed by atoms with Gasteiger partial charge in [0.1, 0.15) is 11.8 Å². The molecule has 2 aromatic heterocycles. The molecule has 1 N–H and O–H groups in total. The fourth-order valence-corrected chi connectivity index (χ4v) is 4.76. The molecule has 0 unspecified atom stereocenters. The Labute approximate surface area is 196 Å². The number of carbonyl (C=O) groups excluding carboxylic acids is 1. The number of hydrogen-bond donors (Lipinski definition) is 1. The summed E-state index contributed by atoms with van der Waals surface area (Å²) < 4.78 is 7.36. The molecule has 0 fully saturated rings. The molecule has 0 aliphatic carbocycles. The van der Waals surface area contributed by atoms with E-state index in [1.165, 1.54) is 0 Å². The molecule has 164 valence electrons. The summed E-state index contributed by atoms with van der Waals surface area (Å²) in [6.07, 6.45) is 4.05. The van der Waals surface area contributed by atoms with Gasteiger partial charge >= 0.3 is 0 Å². The van der Waals surface area contributed by atoms with Crippen LogP contribution in [0.25, 0.3) is 11.0 Å². The highest BCUT2D eigenvalue weighted by Crippen LogP contribution is 2.32. The summed E-state index contributed by atoms with van der Waals surface area (Å²) in [4.78, 5) is 22.4. The number of rotatable bonds is 8. The van der Waals surface area contributed by atoms with E-state index in [2.05, 4.69) is 10.3 Å². The van der Waals surface area contributed by atoms with E-state index in [0.29, 0.717) is 28.6 Å². The number of ether oxygens (including phenoxy) is 1. The number of carbonyl (C=O) groups is 1. The van der Waals surface area contributed by atoms with Crippen molar-refractivity contribution in [2.75, 3.05) is 12.4 Å². The normalized spacial score (nSPS) is 12.0. The van der Waals surface area contributed by atoms with Crippen molar-refractivity contribution in [2.24, 2.45) is 0 Å². The molecule has 1 amide bonds. The van der Waals surface area contributed by atoms with Crippen molar-refractivity contribution in [3.8, 4) is 5.75 Å². The van der Waals surface area contributed by atoms with Crippen molar-refractivity contribution < 1.29 is 9.53 Å². The average molecular weight is 467 g/mol. The monoisotopic (exact) mass is 466 g/mol. The molecule has 1 atom stereocenters. The second-order valence-electron chi connectivity index (χ2n) is 7.16. The average Bonchev–Trinajstić information content (AvgIpc) is 3.17. The van der Waals surface area contributed by atoms with E-state index in [1.807, 2.05) is 66.1 Å². The molecule has 2 heterocycles. The summed E-state index contributed by atoms with van der Waals surface area (Å²) in [5.74, 6) is 1.16. The van der Waals surface area contributed by atoms with Crippen molar-refractivity contribution >= 4 is 46.0 Å². The van der Waals surface area contributed by atoms with Crippen LogP contribution in [0.4, 0.5) is 5.69 Å². The number of methoxy groups -OCH3 is 1. The fraction of sp³-hybridized carbons (Fsp3) is 0.208. The highest BCUT2D eigenvalue weighted by molar-refractivity contribution is 7.98. The zero-order valence-corrected chi connectivity index (χ0v) is 19.4. The lowest BCUT2D eigenvalue weighted by Gasteiger charge is -2.20. The molecule has 0 bridgehead atoms. The van der Waals surface area contributed by atoms with E-state index >= 15 is 0 Å². The summed E-state index contributed by atoms with van der Waals surface area (Å²) in [6.45, 7) is 1.99. The first-order valence-corrected chi connectivity index (χ1v) is 11.6. The quantitative estimate of drug-likeness (QED) is 0.324. The number of amides is 1. The van der Waals surface area contributed by atoms with Crippen molar-refractivity contribution in [3.05, 3.63) is 77.6 Å². The number of nitrogens with one attached hydrogen (secondary N) is 1. The number of anilines is 1. The third kappa shape index (κ3) is 4.74. The predicted molar refractivity (Wildman–Crippen MR) is 129 cm³/mol. The van der Waals surface area contributed by atoms with Crippen molar-refractivity contribution in [3.63, 3.8) is 0 Å². The minimum absolute atomic E-state index is 0.134. The molecule has 0 aliphatic heterocycles. The Hall–Kier alpha value is -3.03. The van der Waals surface area contributed by atoms with Gasteiger partial charge in [-0.05, 0) is 42.3 Å². The molecule has 6 nitrogen and oxygen atoms in total. The maximum Gasteiger partial charge on any atom is 0.247 e. The maximum absolute atomic E-state index is 13.4. The lowest BCUT2D eigenvalue weighted by molar-refractivity contribution is -0.119. The maximum atomic E-state index is 13.4. The summed E-state index contributed by atoms with van der Waals surface area (Å²) in [7, 11) is 1.59. The highest BCUT2D eigenvalue weighted by Gasteiger charge is 2.25. The van der Waals surface area contributed by atoms with Crippen molar-refractivity contribution in [1.82, 2.24) is 14.5 Å². The minimum atomic E-state index is -0.462. The number of fused-ring (bicyclic) bond motifs is 1. The fourth-order valence-electron chi connectivity index (χ4n) is 3.55. The SMILES string of the molecule is CC[C@@H](C(=O)Nc1ccccc1OC)n1c(SCc2cccc(Cl)c2)nc2ccncc21. The van der Waals surface area contributed by atoms with E-state index in [1.54, 1.807) is 31.3 Å². The number of halogens is 1. The van der Waals surface area contributed by atoms with Gasteiger partial charge in [0.05, 0.1) is 30.0 Å². The number of hydrogen-bond acceptors (Lipinski definition) is 5. The largest absolute Gasteiger partial charge is 0.495 e. The van der Waals surface area contributed by atoms with Gasteiger partial charge < -0.3 is 14.6 Å². The number of para-hydroxylation sites is 2. The number of aromatic nitrogens is 3. The molecule has 32 heavy (non-hydrogen) atoms. The van der Waals surface area contributed by atoms with Crippen LogP contribution in [0.3, 0.4) is 0 Å². The molecular weight excluding hydrogens is 444 g/mol. The van der Waals surface area contributed by atoms with E-state index in [-0.39, 0.29) is 5.91 Å². The van der Waals surface area contributed by atoms with Gasteiger partial charge in [-0.2, -0.15) is 0 Å². The highest BCUT2D eigenvalue weighted by atomic mass is 35.5. The molecular formula is C24H23ClN4O2S. The smallest absolute Gasteiger partial charge is 0.247 e. The lowest BCUT2D eigenvalue weighted by Crippen LogP contribution is -2.26. The van der Waals surface area contributed by atoms with Gasteiger partial charge in [0.25, 0.3) is 0 Å². The number of pyridine rings is 1. The number of thioether (sulfide) groups is 1. The Kier molecular flexibility index (Phi) is 6.97. The third-order valence-electron chi connectivity index (χ3n) is 5.08. The van der Waals surface area contributed by atoms with E-state index in [4.69, 9.17) is 21.3 Å². The Bertz CT molecular complexity index is 1240. The second-order valence-corrected chi connectivity index (χ2v) is 8.54. The van der Waals surface area contributed by atoms with Crippen LogP contribution in [-0.2, 0) is 10.5 Å². The molecule has 0 aliphatic rings. The van der Waals surface area contributed by atoms with Gasteiger partial charge in [0.15, 0.2) is 5.16 Å². The lowest BCUT2D eigenvalue weighted by atomic mass is 10.2. The van der Waals surface area contributed by atoms with Gasteiger partial charge in [-0.25, -0.2) is 4.98 Å². The van der Waals surface area contributed by atoms with Crippen LogP contribution in [0, 0.1) is 0 Å². The summed E-state index contributed by atoms with van der Waals surface area (Å²) >= 11 is 7.71. The first-order chi connectivity index (χ1) is 15.6. The minimum Gasteiger partial charge on any atom is -0.495 e. The number of nitrogens with zero attached hydrogens (tertiary/aromatic N) is 3. The Morgan fingerprint density at radius 1 is 1.22 bits per heavy atom. The first kappa shape index (κ1) is 22.2. The number of benzene rings is 2. The van der Waals surface area contributed by atoms with Crippen molar-refractivity contribution in [1.29, 1.82) is 0 Å². The topological polar surface area (TPSA) is 69.0 Å². The summed E-state index contributed by atoms with van der Waals surface area (Å²) in [5.41, 5.74) is 3.35. The van der Waals surface area contributed by atoms with Gasteiger partial charge in [0.2, 0.25) is 5.91 Å². The van der Waals surface area contributed by atoms with Crippen LogP contribution in [0.15, 0.2) is 72.1 Å². The summed E-state index contributed by atoms with van der Waals surface area (Å²) in [6, 6.07) is 16.5. The van der Waals surface area contributed by atoms with Gasteiger partial charge in [-0.3, -0.25) is 9.78 Å². The van der Waals surface area contributed by atoms with Crippen LogP contribution >= 0.6 is 23.4 Å². The zero-order chi connectivity index (χ0) is 22.5. The first-order valence-electron chi connectivity index (χ1n) is 10.2. The van der Waals surface area contributed by atoms with E-state index in [9.17, 15) is 4.79 Å². The van der Waals surface area contributed by atoms with Gasteiger partial charge in [0, 0.05) is 17.0 Å². The Balaban J connectivity index is 1.67. The molecule has 2 aromatic carbocycles. The zero-order valence-electron chi connectivity index (χ0n) is 17.8. The predicted octanol–water partition coefficient (Wildman–Crippen LogP) is 5.98. The van der Waals surface area contributed by atoms with Crippen LogP contribution < -0.4 is 10.1 Å². The van der Waals surface area contributed by atoms with E-state index < -0.39 is 6.04 Å². The number of imidazole rings is 1. The molecule has 0 saturated carbocycles. The molecule has 0 spiro atoms. The van der Waals surface area contributed by atoms with Crippen molar-refractivity contribution in [2.45, 2.75) is 30.3 Å². The van der Waals surface area contributed by atoms with E-state index in [0.717, 1.165) is 21.8 Å². The standard InChI is InChI=1S/C24H23ClN4O2S/c1-3-20(23(30)27-19-9-4-5-10-22(19)31-2)29-21-14-26-12-11-18(21)28-24(29)32-15-16-7-6-8-17(25)13-16/h4-14,20H,3,15H2,1-2H3,(H,27,30)/t20-/m0/s1. The summed E-state index contributed by atoms with van der Waals surface area (Å²) in [5, 5.41) is 4.47. The molecule has 4 rings (SSSR count). The molecule has 4 aromatic rings. The van der Waals surface area contributed by atoms with Gasteiger partial charge in [-0.1, -0.05) is 54.6 Å².